The number of esters is 1. The third kappa shape index (κ3) is 5.68. The Bertz CT molecular complexity index is 1050. The Morgan fingerprint density at radius 2 is 2.06 bits per heavy atom. The van der Waals surface area contributed by atoms with Gasteiger partial charge in [-0.15, -0.1) is 11.8 Å². The number of pyridine rings is 1. The van der Waals surface area contributed by atoms with Gasteiger partial charge in [0.05, 0.1) is 23.9 Å². The minimum absolute atomic E-state index is 0.210. The third-order valence-corrected chi connectivity index (χ3v) is 6.86. The smallest absolute Gasteiger partial charge is 0.339 e. The summed E-state index contributed by atoms with van der Waals surface area (Å²) in [6.07, 6.45) is 3.20. The molecule has 1 aliphatic carbocycles. The van der Waals surface area contributed by atoms with E-state index in [2.05, 4.69) is 32.2 Å². The van der Waals surface area contributed by atoms with E-state index in [0.29, 0.717) is 33.5 Å². The number of hydrogen-bond donors (Lipinski definition) is 1. The SMILES string of the molecule is COC(=O)c1ccccc1NC(=O)CCSc1nc2c(cc1C#N)CC(C(C)(C)C)CC2. The topological polar surface area (TPSA) is 92.1 Å². The highest BCUT2D eigenvalue weighted by molar-refractivity contribution is 7.99. The highest BCUT2D eigenvalue weighted by Gasteiger charge is 2.30. The normalized spacial score (nSPS) is 15.4. The number of hydrogen-bond acceptors (Lipinski definition) is 6. The van der Waals surface area contributed by atoms with E-state index < -0.39 is 5.97 Å². The van der Waals surface area contributed by atoms with Gasteiger partial charge in [0.15, 0.2) is 0 Å². The zero-order chi connectivity index (χ0) is 23.3. The number of aryl methyl sites for hydroxylation is 1. The first kappa shape index (κ1) is 23.8. The van der Waals surface area contributed by atoms with Crippen molar-refractivity contribution in [3.8, 4) is 6.07 Å². The van der Waals surface area contributed by atoms with Gasteiger partial charge in [0.1, 0.15) is 11.1 Å². The molecule has 3 rings (SSSR count). The van der Waals surface area contributed by atoms with Crippen LogP contribution in [0, 0.1) is 22.7 Å². The molecule has 0 aliphatic heterocycles. The molecule has 0 radical (unpaired) electrons. The molecule has 1 atom stereocenters. The number of aromatic nitrogens is 1. The number of amides is 1. The Hall–Kier alpha value is -2.85. The molecular formula is C25H29N3O3S. The first-order valence-electron chi connectivity index (χ1n) is 10.8. The molecule has 1 aromatic carbocycles. The van der Waals surface area contributed by atoms with Gasteiger partial charge in [0.2, 0.25) is 5.91 Å². The van der Waals surface area contributed by atoms with Crippen LogP contribution in [0.2, 0.25) is 0 Å². The Morgan fingerprint density at radius 1 is 1.31 bits per heavy atom. The fourth-order valence-corrected chi connectivity index (χ4v) is 4.82. The van der Waals surface area contributed by atoms with Crippen molar-refractivity contribution in [2.75, 3.05) is 18.2 Å². The summed E-state index contributed by atoms with van der Waals surface area (Å²) >= 11 is 1.42. The molecule has 0 saturated heterocycles. The summed E-state index contributed by atoms with van der Waals surface area (Å²) in [6, 6.07) is 11.0. The number of anilines is 1. The number of fused-ring (bicyclic) bond motifs is 1. The highest BCUT2D eigenvalue weighted by atomic mass is 32.2. The minimum Gasteiger partial charge on any atom is -0.465 e. The molecule has 1 aliphatic rings. The van der Waals surface area contributed by atoms with Crippen molar-refractivity contribution >= 4 is 29.3 Å². The number of ether oxygens (including phenoxy) is 1. The second kappa shape index (κ2) is 10.2. The lowest BCUT2D eigenvalue weighted by Gasteiger charge is -2.34. The number of benzene rings is 1. The van der Waals surface area contributed by atoms with Crippen LogP contribution in [0.5, 0.6) is 0 Å². The molecular weight excluding hydrogens is 422 g/mol. The summed E-state index contributed by atoms with van der Waals surface area (Å²) in [5.74, 6) is 0.356. The third-order valence-electron chi connectivity index (χ3n) is 5.87. The van der Waals surface area contributed by atoms with Crippen LogP contribution < -0.4 is 5.32 Å². The second-order valence-electron chi connectivity index (χ2n) is 9.05. The number of para-hydroxylation sites is 1. The molecule has 1 unspecified atom stereocenters. The van der Waals surface area contributed by atoms with E-state index in [1.54, 1.807) is 24.3 Å². The van der Waals surface area contributed by atoms with E-state index in [-0.39, 0.29) is 17.7 Å². The maximum Gasteiger partial charge on any atom is 0.339 e. The molecule has 7 heteroatoms. The quantitative estimate of drug-likeness (QED) is 0.490. The molecule has 1 N–H and O–H groups in total. The zero-order valence-corrected chi connectivity index (χ0v) is 19.8. The van der Waals surface area contributed by atoms with Crippen molar-refractivity contribution in [1.82, 2.24) is 4.98 Å². The van der Waals surface area contributed by atoms with E-state index in [1.165, 1.54) is 24.4 Å². The number of rotatable bonds is 6. The van der Waals surface area contributed by atoms with E-state index >= 15 is 0 Å². The van der Waals surface area contributed by atoms with Crippen molar-refractivity contribution in [1.29, 1.82) is 5.26 Å². The Kier molecular flexibility index (Phi) is 7.57. The van der Waals surface area contributed by atoms with Crippen LogP contribution in [-0.4, -0.2) is 29.7 Å². The van der Waals surface area contributed by atoms with Gasteiger partial charge in [-0.3, -0.25) is 4.79 Å². The molecule has 168 valence electrons. The first-order chi connectivity index (χ1) is 15.2. The maximum atomic E-state index is 12.4. The molecule has 2 aromatic rings. The Morgan fingerprint density at radius 3 is 2.75 bits per heavy atom. The van der Waals surface area contributed by atoms with E-state index in [1.807, 2.05) is 6.07 Å². The van der Waals surface area contributed by atoms with E-state index in [0.717, 1.165) is 25.0 Å². The first-order valence-corrected chi connectivity index (χ1v) is 11.7. The summed E-state index contributed by atoms with van der Waals surface area (Å²) in [5, 5.41) is 13.1. The van der Waals surface area contributed by atoms with E-state index in [4.69, 9.17) is 9.72 Å². The number of methoxy groups -OCH3 is 1. The minimum atomic E-state index is -0.499. The van der Waals surface area contributed by atoms with Crippen LogP contribution in [0.4, 0.5) is 5.69 Å². The average molecular weight is 452 g/mol. The van der Waals surface area contributed by atoms with Gasteiger partial charge in [0, 0.05) is 17.9 Å². The fraction of sp³-hybridized carbons (Fsp3) is 0.440. The lowest BCUT2D eigenvalue weighted by Crippen LogP contribution is -2.27. The van der Waals surface area contributed by atoms with Gasteiger partial charge < -0.3 is 10.1 Å². The van der Waals surface area contributed by atoms with Gasteiger partial charge >= 0.3 is 5.97 Å². The maximum absolute atomic E-state index is 12.4. The summed E-state index contributed by atoms with van der Waals surface area (Å²) < 4.78 is 4.76. The summed E-state index contributed by atoms with van der Waals surface area (Å²) in [5.41, 5.74) is 3.79. The van der Waals surface area contributed by atoms with Gasteiger partial charge in [-0.05, 0) is 54.4 Å². The van der Waals surface area contributed by atoms with Crippen LogP contribution >= 0.6 is 11.8 Å². The number of carbonyl (C=O) groups is 2. The van der Waals surface area contributed by atoms with Gasteiger partial charge in [-0.25, -0.2) is 9.78 Å². The van der Waals surface area contributed by atoms with Crippen molar-refractivity contribution in [2.45, 2.75) is 51.5 Å². The summed E-state index contributed by atoms with van der Waals surface area (Å²) in [6.45, 7) is 6.79. The molecule has 32 heavy (non-hydrogen) atoms. The molecule has 1 aromatic heterocycles. The molecule has 0 saturated carbocycles. The molecule has 1 amide bonds. The molecule has 0 bridgehead atoms. The number of carbonyl (C=O) groups excluding carboxylic acids is 2. The molecule has 0 fully saturated rings. The Balaban J connectivity index is 1.63. The van der Waals surface area contributed by atoms with Gasteiger partial charge in [-0.1, -0.05) is 32.9 Å². The van der Waals surface area contributed by atoms with Crippen LogP contribution in [0.1, 0.15) is 60.8 Å². The molecule has 1 heterocycles. The second-order valence-corrected chi connectivity index (χ2v) is 10.1. The lowest BCUT2D eigenvalue weighted by atomic mass is 9.71. The van der Waals surface area contributed by atoms with E-state index in [9.17, 15) is 14.9 Å². The van der Waals surface area contributed by atoms with Crippen molar-refractivity contribution in [3.63, 3.8) is 0 Å². The van der Waals surface area contributed by atoms with Gasteiger partial charge in [0.25, 0.3) is 0 Å². The van der Waals surface area contributed by atoms with Crippen LogP contribution in [0.15, 0.2) is 35.4 Å². The number of thioether (sulfide) groups is 1. The largest absolute Gasteiger partial charge is 0.465 e. The lowest BCUT2D eigenvalue weighted by molar-refractivity contribution is -0.115. The average Bonchev–Trinajstić information content (AvgIpc) is 2.77. The number of nitriles is 1. The predicted octanol–water partition coefficient (Wildman–Crippen LogP) is 5.01. The highest BCUT2D eigenvalue weighted by Crippen LogP contribution is 2.38. The van der Waals surface area contributed by atoms with Crippen molar-refractivity contribution < 1.29 is 14.3 Å². The standard InChI is InChI=1S/C25H29N3O3S/c1-25(2,3)18-9-10-20-16(14-18)13-17(15-26)23(28-20)32-12-11-22(29)27-21-8-6-5-7-19(21)24(30)31-4/h5-8,13,18H,9-12,14H2,1-4H3,(H,27,29). The summed E-state index contributed by atoms with van der Waals surface area (Å²) in [7, 11) is 1.30. The Labute approximate surface area is 193 Å². The predicted molar refractivity (Wildman–Crippen MR) is 126 cm³/mol. The van der Waals surface area contributed by atoms with Crippen LogP contribution in [-0.2, 0) is 22.4 Å². The van der Waals surface area contributed by atoms with Crippen LogP contribution in [0.3, 0.4) is 0 Å². The van der Waals surface area contributed by atoms with Crippen molar-refractivity contribution in [3.05, 3.63) is 52.7 Å². The number of nitrogens with zero attached hydrogens (tertiary/aromatic N) is 2. The number of nitrogens with one attached hydrogen (secondary N) is 1. The van der Waals surface area contributed by atoms with Gasteiger partial charge in [-0.2, -0.15) is 5.26 Å². The monoisotopic (exact) mass is 451 g/mol. The molecule has 6 nitrogen and oxygen atoms in total. The molecule has 0 spiro atoms. The zero-order valence-electron chi connectivity index (χ0n) is 19.0. The van der Waals surface area contributed by atoms with Crippen molar-refractivity contribution in [2.24, 2.45) is 11.3 Å². The summed E-state index contributed by atoms with van der Waals surface area (Å²) in [4.78, 5) is 29.1. The fourth-order valence-electron chi connectivity index (χ4n) is 3.91. The van der Waals surface area contributed by atoms with Crippen LogP contribution in [0.25, 0.3) is 0 Å².